The molecule has 1 aromatic heterocycles. The Kier molecular flexibility index (Phi) is 1.77. The van der Waals surface area contributed by atoms with Crippen LogP contribution < -0.4 is 0 Å². The van der Waals surface area contributed by atoms with Crippen LogP contribution in [-0.4, -0.2) is 9.78 Å². The minimum atomic E-state index is -4.33. The van der Waals surface area contributed by atoms with Gasteiger partial charge in [0, 0.05) is 12.4 Å². The van der Waals surface area contributed by atoms with Gasteiger partial charge in [-0.1, -0.05) is 12.1 Å². The topological polar surface area (TPSA) is 17.8 Å². The predicted octanol–water partition coefficient (Wildman–Crippen LogP) is 2.59. The first-order chi connectivity index (χ1) is 6.50. The second-order valence-corrected chi connectivity index (χ2v) is 3.01. The first-order valence-electron chi connectivity index (χ1n) is 3.98. The summed E-state index contributed by atoms with van der Waals surface area (Å²) in [7, 11) is 1.50. The molecule has 0 spiro atoms. The summed E-state index contributed by atoms with van der Waals surface area (Å²) in [5.41, 5.74) is -0.519. The zero-order valence-corrected chi connectivity index (χ0v) is 7.34. The van der Waals surface area contributed by atoms with E-state index in [4.69, 9.17) is 0 Å². The van der Waals surface area contributed by atoms with Gasteiger partial charge in [-0.3, -0.25) is 4.68 Å². The molecule has 1 aromatic carbocycles. The lowest BCUT2D eigenvalue weighted by molar-refractivity contribution is -0.136. The van der Waals surface area contributed by atoms with Crippen LogP contribution in [0.25, 0.3) is 10.9 Å². The highest BCUT2D eigenvalue weighted by atomic mass is 19.4. The predicted molar refractivity (Wildman–Crippen MR) is 45.7 cm³/mol. The first kappa shape index (κ1) is 9.05. The summed E-state index contributed by atoms with van der Waals surface area (Å²) in [5, 5.41) is 4.29. The van der Waals surface area contributed by atoms with Crippen molar-refractivity contribution in [1.29, 1.82) is 0 Å². The summed E-state index contributed by atoms with van der Waals surface area (Å²) >= 11 is 0. The van der Waals surface area contributed by atoms with Crippen LogP contribution >= 0.6 is 0 Å². The van der Waals surface area contributed by atoms with E-state index >= 15 is 0 Å². The summed E-state index contributed by atoms with van der Waals surface area (Å²) in [6.07, 6.45) is -2.90. The number of nitrogens with zero attached hydrogens (tertiary/aromatic N) is 2. The third-order valence-corrected chi connectivity index (χ3v) is 2.07. The van der Waals surface area contributed by atoms with Gasteiger partial charge < -0.3 is 0 Å². The fourth-order valence-corrected chi connectivity index (χ4v) is 1.46. The number of aromatic nitrogens is 2. The molecular formula is C9H7F3N2. The van der Waals surface area contributed by atoms with Crippen LogP contribution in [-0.2, 0) is 13.2 Å². The number of hydrogen-bond donors (Lipinski definition) is 0. The summed E-state index contributed by atoms with van der Waals surface area (Å²) in [6, 6.07) is 4.05. The van der Waals surface area contributed by atoms with E-state index in [9.17, 15) is 13.2 Å². The van der Waals surface area contributed by atoms with Gasteiger partial charge in [-0.15, -0.1) is 0 Å². The molecular weight excluding hydrogens is 193 g/mol. The second-order valence-electron chi connectivity index (χ2n) is 3.01. The van der Waals surface area contributed by atoms with Crippen LogP contribution in [0.4, 0.5) is 13.2 Å². The Hall–Kier alpha value is -1.52. The lowest BCUT2D eigenvalue weighted by Crippen LogP contribution is -2.07. The average Bonchev–Trinajstić information content (AvgIpc) is 2.46. The fourth-order valence-electron chi connectivity index (χ4n) is 1.46. The zero-order chi connectivity index (χ0) is 10.3. The molecule has 74 valence electrons. The monoisotopic (exact) mass is 200 g/mol. The van der Waals surface area contributed by atoms with Crippen LogP contribution in [0.2, 0.25) is 0 Å². The van der Waals surface area contributed by atoms with E-state index in [-0.39, 0.29) is 5.52 Å². The molecule has 0 saturated heterocycles. The van der Waals surface area contributed by atoms with Crippen LogP contribution in [0.15, 0.2) is 24.4 Å². The van der Waals surface area contributed by atoms with Gasteiger partial charge in [0.1, 0.15) is 0 Å². The Morgan fingerprint density at radius 3 is 2.64 bits per heavy atom. The van der Waals surface area contributed by atoms with E-state index in [0.29, 0.717) is 5.39 Å². The number of para-hydroxylation sites is 1. The number of aryl methyl sites for hydroxylation is 1. The molecule has 0 bridgehead atoms. The van der Waals surface area contributed by atoms with Gasteiger partial charge in [0.2, 0.25) is 0 Å². The van der Waals surface area contributed by atoms with E-state index in [0.717, 1.165) is 6.07 Å². The van der Waals surface area contributed by atoms with Gasteiger partial charge in [-0.2, -0.15) is 18.3 Å². The van der Waals surface area contributed by atoms with Crippen LogP contribution in [0.1, 0.15) is 5.56 Å². The van der Waals surface area contributed by atoms with Gasteiger partial charge in [0.15, 0.2) is 0 Å². The summed E-state index contributed by atoms with van der Waals surface area (Å²) in [6.45, 7) is 0. The molecule has 0 aliphatic heterocycles. The molecule has 0 unspecified atom stereocenters. The summed E-state index contributed by atoms with van der Waals surface area (Å²) in [5.74, 6) is 0. The minimum Gasteiger partial charge on any atom is -0.267 e. The molecule has 0 fully saturated rings. The van der Waals surface area contributed by atoms with E-state index < -0.39 is 11.7 Å². The molecule has 0 saturated carbocycles. The Bertz CT molecular complexity index is 470. The number of hydrogen-bond acceptors (Lipinski definition) is 1. The fraction of sp³-hybridized carbons (Fsp3) is 0.222. The molecule has 2 nitrogen and oxygen atoms in total. The van der Waals surface area contributed by atoms with Crippen molar-refractivity contribution in [3.8, 4) is 0 Å². The first-order valence-corrected chi connectivity index (χ1v) is 3.98. The number of rotatable bonds is 0. The summed E-state index contributed by atoms with van der Waals surface area (Å²) < 4.78 is 38.8. The SMILES string of the molecule is Cn1ncc2cccc(C(F)(F)F)c21. The Morgan fingerprint density at radius 2 is 2.00 bits per heavy atom. The van der Waals surface area contributed by atoms with Gasteiger partial charge >= 0.3 is 6.18 Å². The molecule has 0 aliphatic carbocycles. The molecule has 0 amide bonds. The maximum absolute atomic E-state index is 12.5. The van der Waals surface area contributed by atoms with Crippen molar-refractivity contribution < 1.29 is 13.2 Å². The molecule has 0 radical (unpaired) electrons. The molecule has 14 heavy (non-hydrogen) atoms. The molecule has 2 aromatic rings. The van der Waals surface area contributed by atoms with E-state index in [1.807, 2.05) is 0 Å². The Labute approximate surface area is 77.9 Å². The minimum absolute atomic E-state index is 0.125. The standard InChI is InChI=1S/C9H7F3N2/c1-14-8-6(5-13-14)3-2-4-7(8)9(10,11)12/h2-5H,1H3. The van der Waals surface area contributed by atoms with Gasteiger partial charge in [0.05, 0.1) is 17.3 Å². The second kappa shape index (κ2) is 2.73. The maximum atomic E-state index is 12.5. The quantitative estimate of drug-likeness (QED) is 0.639. The molecule has 2 rings (SSSR count). The van der Waals surface area contributed by atoms with Crippen molar-refractivity contribution in [1.82, 2.24) is 9.78 Å². The highest BCUT2D eigenvalue weighted by molar-refractivity contribution is 5.82. The molecule has 1 heterocycles. The van der Waals surface area contributed by atoms with Crippen molar-refractivity contribution >= 4 is 10.9 Å². The van der Waals surface area contributed by atoms with Crippen molar-refractivity contribution in [2.75, 3.05) is 0 Å². The number of alkyl halides is 3. The van der Waals surface area contributed by atoms with Crippen LogP contribution in [0, 0.1) is 0 Å². The van der Waals surface area contributed by atoms with E-state index in [1.54, 1.807) is 6.07 Å². The largest absolute Gasteiger partial charge is 0.418 e. The lowest BCUT2D eigenvalue weighted by atomic mass is 10.1. The number of halogens is 3. The number of benzene rings is 1. The Balaban J connectivity index is 2.82. The van der Waals surface area contributed by atoms with Crippen molar-refractivity contribution in [2.24, 2.45) is 7.05 Å². The van der Waals surface area contributed by atoms with Gasteiger partial charge in [-0.25, -0.2) is 0 Å². The lowest BCUT2D eigenvalue weighted by Gasteiger charge is -2.08. The highest BCUT2D eigenvalue weighted by Crippen LogP contribution is 2.34. The van der Waals surface area contributed by atoms with Gasteiger partial charge in [0.25, 0.3) is 0 Å². The molecule has 0 N–H and O–H groups in total. The third kappa shape index (κ3) is 1.25. The smallest absolute Gasteiger partial charge is 0.267 e. The van der Waals surface area contributed by atoms with E-state index in [2.05, 4.69) is 5.10 Å². The normalized spacial score (nSPS) is 12.3. The van der Waals surface area contributed by atoms with Crippen LogP contribution in [0.3, 0.4) is 0 Å². The van der Waals surface area contributed by atoms with Gasteiger partial charge in [-0.05, 0) is 6.07 Å². The highest BCUT2D eigenvalue weighted by Gasteiger charge is 2.33. The molecule has 0 aliphatic rings. The number of fused-ring (bicyclic) bond motifs is 1. The van der Waals surface area contributed by atoms with Crippen molar-refractivity contribution in [2.45, 2.75) is 6.18 Å². The van der Waals surface area contributed by atoms with Crippen molar-refractivity contribution in [3.05, 3.63) is 30.0 Å². The zero-order valence-electron chi connectivity index (χ0n) is 7.34. The Morgan fingerprint density at radius 1 is 1.29 bits per heavy atom. The third-order valence-electron chi connectivity index (χ3n) is 2.07. The summed E-state index contributed by atoms with van der Waals surface area (Å²) in [4.78, 5) is 0. The maximum Gasteiger partial charge on any atom is 0.418 e. The van der Waals surface area contributed by atoms with Crippen molar-refractivity contribution in [3.63, 3.8) is 0 Å². The average molecular weight is 200 g/mol. The van der Waals surface area contributed by atoms with Crippen LogP contribution in [0.5, 0.6) is 0 Å². The molecule has 5 heteroatoms. The van der Waals surface area contributed by atoms with E-state index in [1.165, 1.54) is 24.0 Å². The molecule has 0 atom stereocenters.